The van der Waals surface area contributed by atoms with E-state index >= 15 is 0 Å². The first-order valence-corrected chi connectivity index (χ1v) is 6.51. The molecule has 1 fully saturated rings. The van der Waals surface area contributed by atoms with Gasteiger partial charge in [0.15, 0.2) is 0 Å². The molecule has 1 rings (SSSR count). The summed E-state index contributed by atoms with van der Waals surface area (Å²) in [5.74, 6) is 0. The first-order valence-electron chi connectivity index (χ1n) is 6.51. The standard InChI is InChI=1S/C14H28N2/c1-12(2)6-9-15-13-7-10-16(11-8-13)14(3,4)5/h6,13,15H,7-11H2,1-5H3. The molecule has 0 aliphatic carbocycles. The van der Waals surface area contributed by atoms with E-state index in [-0.39, 0.29) is 0 Å². The van der Waals surface area contributed by atoms with E-state index < -0.39 is 0 Å². The Kier molecular flexibility index (Phi) is 5.00. The van der Waals surface area contributed by atoms with Crippen LogP contribution in [0, 0.1) is 0 Å². The van der Waals surface area contributed by atoms with Gasteiger partial charge in [-0.15, -0.1) is 0 Å². The van der Waals surface area contributed by atoms with E-state index in [1.165, 1.54) is 31.5 Å². The van der Waals surface area contributed by atoms with Gasteiger partial charge in [0.05, 0.1) is 0 Å². The lowest BCUT2D eigenvalue weighted by Crippen LogP contribution is -2.50. The molecule has 0 unspecified atom stereocenters. The van der Waals surface area contributed by atoms with Crippen LogP contribution in [0.4, 0.5) is 0 Å². The predicted molar refractivity (Wildman–Crippen MR) is 71.8 cm³/mol. The third-order valence-electron chi connectivity index (χ3n) is 3.36. The number of nitrogens with zero attached hydrogens (tertiary/aromatic N) is 1. The second kappa shape index (κ2) is 5.83. The topological polar surface area (TPSA) is 15.3 Å². The molecule has 2 nitrogen and oxygen atoms in total. The number of rotatable bonds is 3. The van der Waals surface area contributed by atoms with Crippen LogP contribution in [0.1, 0.15) is 47.5 Å². The maximum absolute atomic E-state index is 3.62. The van der Waals surface area contributed by atoms with Gasteiger partial charge >= 0.3 is 0 Å². The van der Waals surface area contributed by atoms with Crippen molar-refractivity contribution in [2.75, 3.05) is 19.6 Å². The predicted octanol–water partition coefficient (Wildman–Crippen LogP) is 2.81. The van der Waals surface area contributed by atoms with Crippen LogP contribution >= 0.6 is 0 Å². The van der Waals surface area contributed by atoms with Crippen LogP contribution in [0.2, 0.25) is 0 Å². The summed E-state index contributed by atoms with van der Waals surface area (Å²) in [6, 6.07) is 0.717. The van der Waals surface area contributed by atoms with E-state index in [9.17, 15) is 0 Å². The summed E-state index contributed by atoms with van der Waals surface area (Å²) in [6.45, 7) is 14.7. The normalized spacial score (nSPS) is 19.8. The Balaban J connectivity index is 2.25. The van der Waals surface area contributed by atoms with Crippen molar-refractivity contribution in [2.45, 2.75) is 59.0 Å². The van der Waals surface area contributed by atoms with Crippen molar-refractivity contribution in [1.29, 1.82) is 0 Å². The first-order chi connectivity index (χ1) is 7.39. The highest BCUT2D eigenvalue weighted by atomic mass is 15.2. The summed E-state index contributed by atoms with van der Waals surface area (Å²) in [7, 11) is 0. The van der Waals surface area contributed by atoms with Gasteiger partial charge in [-0.1, -0.05) is 11.6 Å². The Hall–Kier alpha value is -0.340. The van der Waals surface area contributed by atoms with Gasteiger partial charge in [0.25, 0.3) is 0 Å². The number of piperidine rings is 1. The van der Waals surface area contributed by atoms with E-state index in [1.807, 2.05) is 0 Å². The maximum atomic E-state index is 3.62. The Morgan fingerprint density at radius 1 is 1.25 bits per heavy atom. The van der Waals surface area contributed by atoms with Gasteiger partial charge in [0, 0.05) is 31.2 Å². The van der Waals surface area contributed by atoms with Gasteiger partial charge in [-0.3, -0.25) is 4.90 Å². The molecule has 0 bridgehead atoms. The SMILES string of the molecule is CC(C)=CCNC1CCN(C(C)(C)C)CC1. The van der Waals surface area contributed by atoms with Crippen molar-refractivity contribution < 1.29 is 0 Å². The Morgan fingerprint density at radius 3 is 2.25 bits per heavy atom. The molecule has 1 aliphatic rings. The molecule has 0 amide bonds. The Morgan fingerprint density at radius 2 is 1.81 bits per heavy atom. The second-order valence-electron chi connectivity index (χ2n) is 6.12. The van der Waals surface area contributed by atoms with Gasteiger partial charge in [-0.05, 0) is 47.5 Å². The first kappa shape index (κ1) is 13.7. The van der Waals surface area contributed by atoms with Crippen LogP contribution in [0.3, 0.4) is 0 Å². The molecule has 0 aromatic carbocycles. The summed E-state index contributed by atoms with van der Waals surface area (Å²) in [5, 5.41) is 3.62. The van der Waals surface area contributed by atoms with Crippen molar-refractivity contribution in [3.63, 3.8) is 0 Å². The molecular formula is C14H28N2. The van der Waals surface area contributed by atoms with Crippen LogP contribution < -0.4 is 5.32 Å². The van der Waals surface area contributed by atoms with Crippen molar-refractivity contribution in [3.8, 4) is 0 Å². The van der Waals surface area contributed by atoms with Crippen LogP contribution in [0.15, 0.2) is 11.6 Å². The minimum atomic E-state index is 0.338. The zero-order valence-electron chi connectivity index (χ0n) is 11.6. The number of hydrogen-bond donors (Lipinski definition) is 1. The molecule has 0 saturated carbocycles. The fraction of sp³-hybridized carbons (Fsp3) is 0.857. The smallest absolute Gasteiger partial charge is 0.0139 e. The van der Waals surface area contributed by atoms with E-state index in [1.54, 1.807) is 0 Å². The molecule has 0 radical (unpaired) electrons. The molecule has 0 aromatic rings. The molecule has 16 heavy (non-hydrogen) atoms. The second-order valence-corrected chi connectivity index (χ2v) is 6.12. The molecule has 0 atom stereocenters. The highest BCUT2D eigenvalue weighted by Crippen LogP contribution is 2.19. The van der Waals surface area contributed by atoms with Crippen molar-refractivity contribution in [2.24, 2.45) is 0 Å². The van der Waals surface area contributed by atoms with Crippen LogP contribution in [-0.2, 0) is 0 Å². The zero-order valence-corrected chi connectivity index (χ0v) is 11.6. The van der Waals surface area contributed by atoms with Crippen molar-refractivity contribution in [1.82, 2.24) is 10.2 Å². The monoisotopic (exact) mass is 224 g/mol. The lowest BCUT2D eigenvalue weighted by molar-refractivity contribution is 0.0971. The molecule has 1 N–H and O–H groups in total. The highest BCUT2D eigenvalue weighted by molar-refractivity contribution is 4.95. The molecular weight excluding hydrogens is 196 g/mol. The lowest BCUT2D eigenvalue weighted by atomic mass is 9.98. The lowest BCUT2D eigenvalue weighted by Gasteiger charge is -2.41. The van der Waals surface area contributed by atoms with E-state index in [0.29, 0.717) is 11.6 Å². The molecule has 0 spiro atoms. The molecule has 0 aromatic heterocycles. The van der Waals surface area contributed by atoms with Gasteiger partial charge < -0.3 is 5.32 Å². The summed E-state index contributed by atoms with van der Waals surface area (Å²) < 4.78 is 0. The fourth-order valence-corrected chi connectivity index (χ4v) is 2.18. The fourth-order valence-electron chi connectivity index (χ4n) is 2.18. The minimum absolute atomic E-state index is 0.338. The summed E-state index contributed by atoms with van der Waals surface area (Å²) in [5.41, 5.74) is 1.74. The van der Waals surface area contributed by atoms with Gasteiger partial charge in [0.1, 0.15) is 0 Å². The highest BCUT2D eigenvalue weighted by Gasteiger charge is 2.26. The van der Waals surface area contributed by atoms with E-state index in [4.69, 9.17) is 0 Å². The average Bonchev–Trinajstić information content (AvgIpc) is 2.16. The Bertz CT molecular complexity index is 226. The van der Waals surface area contributed by atoms with Crippen molar-refractivity contribution >= 4 is 0 Å². The Labute approximate surface area is 101 Å². The molecule has 1 saturated heterocycles. The largest absolute Gasteiger partial charge is 0.310 e. The van der Waals surface area contributed by atoms with E-state index in [0.717, 1.165) is 6.54 Å². The van der Waals surface area contributed by atoms with Gasteiger partial charge in [-0.2, -0.15) is 0 Å². The number of hydrogen-bond acceptors (Lipinski definition) is 2. The molecule has 94 valence electrons. The van der Waals surface area contributed by atoms with Crippen LogP contribution in [-0.4, -0.2) is 36.1 Å². The molecule has 2 heteroatoms. The molecule has 1 heterocycles. The van der Waals surface area contributed by atoms with Crippen molar-refractivity contribution in [3.05, 3.63) is 11.6 Å². The average molecular weight is 224 g/mol. The number of nitrogens with one attached hydrogen (secondary N) is 1. The summed E-state index contributed by atoms with van der Waals surface area (Å²) >= 11 is 0. The van der Waals surface area contributed by atoms with Gasteiger partial charge in [0.2, 0.25) is 0 Å². The van der Waals surface area contributed by atoms with Crippen LogP contribution in [0.25, 0.3) is 0 Å². The maximum Gasteiger partial charge on any atom is 0.0139 e. The third kappa shape index (κ3) is 4.67. The third-order valence-corrected chi connectivity index (χ3v) is 3.36. The van der Waals surface area contributed by atoms with Crippen LogP contribution in [0.5, 0.6) is 0 Å². The number of allylic oxidation sites excluding steroid dienone is 1. The zero-order chi connectivity index (χ0) is 12.2. The minimum Gasteiger partial charge on any atom is -0.310 e. The van der Waals surface area contributed by atoms with Gasteiger partial charge in [-0.25, -0.2) is 0 Å². The quantitative estimate of drug-likeness (QED) is 0.742. The summed E-state index contributed by atoms with van der Waals surface area (Å²) in [6.07, 6.45) is 4.85. The number of likely N-dealkylation sites (tertiary alicyclic amines) is 1. The van der Waals surface area contributed by atoms with E-state index in [2.05, 4.69) is 50.9 Å². The molecule has 1 aliphatic heterocycles. The summed E-state index contributed by atoms with van der Waals surface area (Å²) in [4.78, 5) is 2.59.